The maximum Gasteiger partial charge on any atom is 0.123 e. The zero-order valence-electron chi connectivity index (χ0n) is 10.5. The van der Waals surface area contributed by atoms with E-state index in [1.807, 2.05) is 24.3 Å². The molecule has 0 heterocycles. The van der Waals surface area contributed by atoms with E-state index in [0.29, 0.717) is 5.92 Å². The van der Waals surface area contributed by atoms with Gasteiger partial charge in [-0.05, 0) is 60.7 Å². The molecule has 98 valence electrons. The molecule has 0 bridgehead atoms. The van der Waals surface area contributed by atoms with Crippen molar-refractivity contribution in [1.29, 1.82) is 0 Å². The highest BCUT2D eigenvalue weighted by atomic mass is 19.1. The zero-order chi connectivity index (χ0) is 13.2. The molecule has 0 aliphatic heterocycles. The van der Waals surface area contributed by atoms with Gasteiger partial charge >= 0.3 is 0 Å². The lowest BCUT2D eigenvalue weighted by atomic mass is 10.0. The van der Waals surface area contributed by atoms with Gasteiger partial charge in [0.1, 0.15) is 11.6 Å². The molecular weight excluding hydrogens is 241 g/mol. The summed E-state index contributed by atoms with van der Waals surface area (Å²) in [5.74, 6) is 0.664. The lowest BCUT2D eigenvalue weighted by molar-refractivity contribution is 0.475. The van der Waals surface area contributed by atoms with Crippen molar-refractivity contribution in [1.82, 2.24) is 0 Å². The van der Waals surface area contributed by atoms with Crippen molar-refractivity contribution in [2.75, 3.05) is 5.32 Å². The number of benzene rings is 2. The van der Waals surface area contributed by atoms with Crippen molar-refractivity contribution in [2.45, 2.75) is 18.9 Å². The maximum absolute atomic E-state index is 13.0. The Balaban J connectivity index is 1.81. The molecule has 0 radical (unpaired) electrons. The number of nitrogens with one attached hydrogen (secondary N) is 1. The minimum atomic E-state index is -0.206. The number of hydrogen-bond acceptors (Lipinski definition) is 2. The smallest absolute Gasteiger partial charge is 0.123 e. The van der Waals surface area contributed by atoms with Crippen LogP contribution in [0.3, 0.4) is 0 Å². The molecular formula is C16H16FNO. The predicted molar refractivity (Wildman–Crippen MR) is 73.6 cm³/mol. The van der Waals surface area contributed by atoms with Crippen LogP contribution < -0.4 is 5.32 Å². The number of aromatic hydroxyl groups is 1. The van der Waals surface area contributed by atoms with Gasteiger partial charge in [-0.3, -0.25) is 0 Å². The summed E-state index contributed by atoms with van der Waals surface area (Å²) in [4.78, 5) is 0. The molecule has 3 heteroatoms. The normalized spacial score (nSPS) is 16.1. The number of phenolic OH excluding ortho intramolecular Hbond substituents is 1. The van der Waals surface area contributed by atoms with Gasteiger partial charge < -0.3 is 10.4 Å². The van der Waals surface area contributed by atoms with Crippen LogP contribution in [0.1, 0.15) is 24.4 Å². The SMILES string of the molecule is Oc1ccc(NC(c2ccc(F)cc2)C2CC2)cc1. The van der Waals surface area contributed by atoms with E-state index in [-0.39, 0.29) is 17.6 Å². The van der Waals surface area contributed by atoms with E-state index in [9.17, 15) is 9.50 Å². The van der Waals surface area contributed by atoms with Crippen LogP contribution in [-0.4, -0.2) is 5.11 Å². The van der Waals surface area contributed by atoms with E-state index >= 15 is 0 Å². The second-order valence-electron chi connectivity index (χ2n) is 5.06. The van der Waals surface area contributed by atoms with Crippen molar-refractivity contribution in [3.63, 3.8) is 0 Å². The molecule has 0 amide bonds. The van der Waals surface area contributed by atoms with Crippen molar-refractivity contribution in [3.8, 4) is 5.75 Å². The molecule has 2 aromatic carbocycles. The molecule has 1 saturated carbocycles. The Kier molecular flexibility index (Phi) is 3.11. The average Bonchev–Trinajstić information content (AvgIpc) is 3.24. The predicted octanol–water partition coefficient (Wildman–Crippen LogP) is 4.09. The fourth-order valence-electron chi connectivity index (χ4n) is 2.31. The molecule has 1 fully saturated rings. The monoisotopic (exact) mass is 257 g/mol. The summed E-state index contributed by atoms with van der Waals surface area (Å²) in [6.07, 6.45) is 2.40. The molecule has 1 unspecified atom stereocenters. The van der Waals surface area contributed by atoms with Crippen LogP contribution in [0, 0.1) is 11.7 Å². The van der Waals surface area contributed by atoms with Crippen molar-refractivity contribution in [3.05, 3.63) is 59.9 Å². The molecule has 0 saturated heterocycles. The summed E-state index contributed by atoms with van der Waals surface area (Å²) in [5, 5.41) is 12.8. The van der Waals surface area contributed by atoms with Gasteiger partial charge in [-0.2, -0.15) is 0 Å². The number of rotatable bonds is 4. The van der Waals surface area contributed by atoms with E-state index in [4.69, 9.17) is 0 Å². The summed E-state index contributed by atoms with van der Waals surface area (Å²) < 4.78 is 13.0. The highest BCUT2D eigenvalue weighted by Crippen LogP contribution is 2.42. The third-order valence-corrected chi connectivity index (χ3v) is 3.51. The summed E-state index contributed by atoms with van der Waals surface area (Å²) in [6.45, 7) is 0. The van der Waals surface area contributed by atoms with E-state index in [1.54, 1.807) is 12.1 Å². The largest absolute Gasteiger partial charge is 0.508 e. The van der Waals surface area contributed by atoms with Gasteiger partial charge in [-0.25, -0.2) is 4.39 Å². The summed E-state index contributed by atoms with van der Waals surface area (Å²) in [7, 11) is 0. The molecule has 0 spiro atoms. The topological polar surface area (TPSA) is 32.3 Å². The van der Waals surface area contributed by atoms with Crippen molar-refractivity contribution >= 4 is 5.69 Å². The van der Waals surface area contributed by atoms with Crippen LogP contribution in [-0.2, 0) is 0 Å². The van der Waals surface area contributed by atoms with Crippen LogP contribution in [0.15, 0.2) is 48.5 Å². The van der Waals surface area contributed by atoms with Crippen LogP contribution in [0.2, 0.25) is 0 Å². The third-order valence-electron chi connectivity index (χ3n) is 3.51. The Bertz CT molecular complexity index is 546. The molecule has 19 heavy (non-hydrogen) atoms. The molecule has 3 rings (SSSR count). The number of halogens is 1. The van der Waals surface area contributed by atoms with Gasteiger partial charge in [-0.15, -0.1) is 0 Å². The fraction of sp³-hybridized carbons (Fsp3) is 0.250. The van der Waals surface area contributed by atoms with Crippen molar-refractivity contribution in [2.24, 2.45) is 5.92 Å². The van der Waals surface area contributed by atoms with Crippen LogP contribution in [0.25, 0.3) is 0 Å². The van der Waals surface area contributed by atoms with Crippen LogP contribution >= 0.6 is 0 Å². The second-order valence-corrected chi connectivity index (χ2v) is 5.06. The minimum Gasteiger partial charge on any atom is -0.508 e. The van der Waals surface area contributed by atoms with Crippen molar-refractivity contribution < 1.29 is 9.50 Å². The van der Waals surface area contributed by atoms with E-state index < -0.39 is 0 Å². The lowest BCUT2D eigenvalue weighted by Crippen LogP contribution is -2.12. The van der Waals surface area contributed by atoms with Gasteiger partial charge in [0.25, 0.3) is 0 Å². The van der Waals surface area contributed by atoms with Gasteiger partial charge in [0.05, 0.1) is 6.04 Å². The number of phenols is 1. The fourth-order valence-corrected chi connectivity index (χ4v) is 2.31. The molecule has 2 nitrogen and oxygen atoms in total. The Morgan fingerprint density at radius 2 is 1.63 bits per heavy atom. The molecule has 1 aliphatic carbocycles. The Morgan fingerprint density at radius 3 is 2.21 bits per heavy atom. The maximum atomic E-state index is 13.0. The average molecular weight is 257 g/mol. The van der Waals surface area contributed by atoms with E-state index in [2.05, 4.69) is 5.32 Å². The van der Waals surface area contributed by atoms with Gasteiger partial charge in [0, 0.05) is 5.69 Å². The first-order valence-electron chi connectivity index (χ1n) is 6.53. The molecule has 2 aromatic rings. The van der Waals surface area contributed by atoms with Crippen LogP contribution in [0.5, 0.6) is 5.75 Å². The number of hydrogen-bond donors (Lipinski definition) is 2. The van der Waals surface area contributed by atoms with E-state index in [0.717, 1.165) is 11.3 Å². The quantitative estimate of drug-likeness (QED) is 0.808. The lowest BCUT2D eigenvalue weighted by Gasteiger charge is -2.20. The third kappa shape index (κ3) is 2.87. The van der Waals surface area contributed by atoms with Gasteiger partial charge in [-0.1, -0.05) is 12.1 Å². The van der Waals surface area contributed by atoms with E-state index in [1.165, 1.54) is 25.0 Å². The Hall–Kier alpha value is -2.03. The number of anilines is 1. The van der Waals surface area contributed by atoms with Crippen LogP contribution in [0.4, 0.5) is 10.1 Å². The highest BCUT2D eigenvalue weighted by Gasteiger charge is 2.32. The first-order chi connectivity index (χ1) is 9.22. The highest BCUT2D eigenvalue weighted by molar-refractivity contribution is 5.48. The zero-order valence-corrected chi connectivity index (χ0v) is 10.5. The summed E-state index contributed by atoms with van der Waals surface area (Å²) >= 11 is 0. The summed E-state index contributed by atoms with van der Waals surface area (Å²) in [6, 6.07) is 13.9. The first-order valence-corrected chi connectivity index (χ1v) is 6.53. The first kappa shape index (κ1) is 12.0. The second kappa shape index (κ2) is 4.92. The molecule has 1 aliphatic rings. The Labute approximate surface area is 111 Å². The van der Waals surface area contributed by atoms with Gasteiger partial charge in [0.2, 0.25) is 0 Å². The molecule has 0 aromatic heterocycles. The molecule has 2 N–H and O–H groups in total. The summed E-state index contributed by atoms with van der Waals surface area (Å²) in [5.41, 5.74) is 2.08. The molecule has 1 atom stereocenters. The standard InChI is InChI=1S/C16H16FNO/c17-13-5-3-12(4-6-13)16(11-1-2-11)18-14-7-9-15(19)10-8-14/h3-11,16,18-19H,1-2H2. The minimum absolute atomic E-state index is 0.206. The Morgan fingerprint density at radius 1 is 1.00 bits per heavy atom. The van der Waals surface area contributed by atoms with Gasteiger partial charge in [0.15, 0.2) is 0 Å².